The Morgan fingerprint density at radius 2 is 1.83 bits per heavy atom. The monoisotopic (exact) mass is 477 g/mol. The lowest BCUT2D eigenvalue weighted by atomic mass is 9.75. The van der Waals surface area contributed by atoms with Gasteiger partial charge in [-0.1, -0.05) is 35.3 Å². The lowest BCUT2D eigenvalue weighted by Crippen LogP contribution is -2.42. The predicted molar refractivity (Wildman–Crippen MR) is 109 cm³/mol. The van der Waals surface area contributed by atoms with Crippen LogP contribution in [0, 0.1) is 0 Å². The Morgan fingerprint density at radius 1 is 1.17 bits per heavy atom. The minimum atomic E-state index is -5.58. The Hall–Kier alpha value is -2.03. The van der Waals surface area contributed by atoms with E-state index in [2.05, 4.69) is 11.9 Å². The van der Waals surface area contributed by atoms with Crippen LogP contribution in [0.2, 0.25) is 10.0 Å². The maximum absolute atomic E-state index is 13.1. The Kier molecular flexibility index (Phi) is 5.73. The molecule has 0 saturated heterocycles. The SMILES string of the molecule is C=CCC(c1ccc(Cl)c(Cl)c1)C1(C)NC(=O)c2ccc(S(=O)(=O)C(F)(F)F)cc21. The topological polar surface area (TPSA) is 63.2 Å². The largest absolute Gasteiger partial charge is 0.501 e. The van der Waals surface area contributed by atoms with Crippen molar-refractivity contribution < 1.29 is 26.4 Å². The molecule has 1 amide bonds. The molecule has 2 atom stereocenters. The first-order valence-electron chi connectivity index (χ1n) is 8.67. The molecule has 3 rings (SSSR count). The second kappa shape index (κ2) is 7.59. The van der Waals surface area contributed by atoms with Crippen LogP contribution in [-0.4, -0.2) is 19.8 Å². The molecule has 160 valence electrons. The number of halogens is 5. The molecule has 2 unspecified atom stereocenters. The molecular formula is C20H16Cl2F3NO3S. The van der Waals surface area contributed by atoms with Gasteiger partial charge < -0.3 is 5.32 Å². The third-order valence-electron chi connectivity index (χ3n) is 5.23. The second-order valence-electron chi connectivity index (χ2n) is 7.06. The first-order valence-corrected chi connectivity index (χ1v) is 10.9. The van der Waals surface area contributed by atoms with E-state index in [-0.39, 0.29) is 16.1 Å². The summed E-state index contributed by atoms with van der Waals surface area (Å²) in [5.41, 5.74) is -5.76. The van der Waals surface area contributed by atoms with Crippen LogP contribution in [0.3, 0.4) is 0 Å². The highest BCUT2D eigenvalue weighted by atomic mass is 35.5. The number of carbonyl (C=O) groups excluding carboxylic acids is 1. The molecule has 4 nitrogen and oxygen atoms in total. The fourth-order valence-corrected chi connectivity index (χ4v) is 4.79. The van der Waals surface area contributed by atoms with Gasteiger partial charge in [-0.2, -0.15) is 13.2 Å². The second-order valence-corrected chi connectivity index (χ2v) is 9.82. The van der Waals surface area contributed by atoms with Gasteiger partial charge in [-0.15, -0.1) is 6.58 Å². The van der Waals surface area contributed by atoms with Gasteiger partial charge in [-0.3, -0.25) is 4.79 Å². The van der Waals surface area contributed by atoms with E-state index in [1.807, 2.05) is 0 Å². The van der Waals surface area contributed by atoms with E-state index in [9.17, 15) is 26.4 Å². The number of hydrogen-bond donors (Lipinski definition) is 1. The highest BCUT2D eigenvalue weighted by Gasteiger charge is 2.50. The Bertz CT molecular complexity index is 1150. The predicted octanol–water partition coefficient (Wildman–Crippen LogP) is 5.61. The maximum Gasteiger partial charge on any atom is 0.501 e. The van der Waals surface area contributed by atoms with E-state index < -0.39 is 37.6 Å². The number of allylic oxidation sites excluding steroid dienone is 1. The van der Waals surface area contributed by atoms with E-state index >= 15 is 0 Å². The first kappa shape index (κ1) is 22.7. The number of rotatable bonds is 5. The van der Waals surface area contributed by atoms with Gasteiger partial charge in [0.1, 0.15) is 0 Å². The zero-order chi connectivity index (χ0) is 22.5. The smallest absolute Gasteiger partial charge is 0.342 e. The van der Waals surface area contributed by atoms with E-state index in [1.54, 1.807) is 31.2 Å². The van der Waals surface area contributed by atoms with Crippen LogP contribution < -0.4 is 5.32 Å². The number of amides is 1. The van der Waals surface area contributed by atoms with Crippen LogP contribution in [0.4, 0.5) is 13.2 Å². The average molecular weight is 478 g/mol. The van der Waals surface area contributed by atoms with Crippen molar-refractivity contribution in [1.82, 2.24) is 5.32 Å². The van der Waals surface area contributed by atoms with Crippen molar-refractivity contribution in [2.24, 2.45) is 0 Å². The summed E-state index contributed by atoms with van der Waals surface area (Å²) in [7, 11) is -5.58. The zero-order valence-electron chi connectivity index (χ0n) is 15.6. The summed E-state index contributed by atoms with van der Waals surface area (Å²) in [6.45, 7) is 5.34. The fraction of sp³-hybridized carbons (Fsp3) is 0.250. The highest BCUT2D eigenvalue weighted by Crippen LogP contribution is 2.46. The van der Waals surface area contributed by atoms with Crippen LogP contribution in [0.5, 0.6) is 0 Å². The van der Waals surface area contributed by atoms with E-state index in [0.29, 0.717) is 17.0 Å². The molecule has 0 radical (unpaired) electrons. The summed E-state index contributed by atoms with van der Waals surface area (Å²) in [6, 6.07) is 7.64. The number of hydrogen-bond acceptors (Lipinski definition) is 3. The van der Waals surface area contributed by atoms with Crippen LogP contribution in [0.15, 0.2) is 53.9 Å². The molecule has 2 aromatic rings. The molecule has 1 heterocycles. The molecule has 0 aliphatic carbocycles. The van der Waals surface area contributed by atoms with Gasteiger partial charge >= 0.3 is 5.51 Å². The fourth-order valence-electron chi connectivity index (χ4n) is 3.70. The third-order valence-corrected chi connectivity index (χ3v) is 7.45. The minimum Gasteiger partial charge on any atom is -0.342 e. The lowest BCUT2D eigenvalue weighted by Gasteiger charge is -2.35. The van der Waals surface area contributed by atoms with E-state index in [0.717, 1.165) is 18.2 Å². The standard InChI is InChI=1S/C20H16Cl2F3NO3S/c1-3-4-14(11-5-8-16(21)17(22)9-11)19(2)15-10-12(30(28,29)20(23,24)25)6-7-13(15)18(27)26-19/h3,5-10,14H,1,4H2,2H3,(H,26,27). The van der Waals surface area contributed by atoms with E-state index in [4.69, 9.17) is 23.2 Å². The number of alkyl halides is 3. The lowest BCUT2D eigenvalue weighted by molar-refractivity contribution is -0.0436. The molecule has 30 heavy (non-hydrogen) atoms. The van der Waals surface area contributed by atoms with Crippen LogP contribution in [-0.2, 0) is 15.4 Å². The van der Waals surface area contributed by atoms with Gasteiger partial charge in [0.25, 0.3) is 15.7 Å². The van der Waals surface area contributed by atoms with Crippen molar-refractivity contribution in [2.75, 3.05) is 0 Å². The number of nitrogens with one attached hydrogen (secondary N) is 1. The Morgan fingerprint density at radius 3 is 2.40 bits per heavy atom. The molecule has 10 heteroatoms. The summed E-state index contributed by atoms with van der Waals surface area (Å²) in [6.07, 6.45) is 1.92. The summed E-state index contributed by atoms with van der Waals surface area (Å²) < 4.78 is 63.0. The van der Waals surface area contributed by atoms with Gasteiger partial charge in [0.2, 0.25) is 0 Å². The molecule has 2 aromatic carbocycles. The zero-order valence-corrected chi connectivity index (χ0v) is 17.9. The number of carbonyl (C=O) groups is 1. The summed E-state index contributed by atoms with van der Waals surface area (Å²) in [4.78, 5) is 11.6. The van der Waals surface area contributed by atoms with Crippen molar-refractivity contribution in [3.05, 3.63) is 75.8 Å². The molecule has 1 N–H and O–H groups in total. The average Bonchev–Trinajstić information content (AvgIpc) is 2.92. The van der Waals surface area contributed by atoms with E-state index in [1.165, 1.54) is 0 Å². The van der Waals surface area contributed by atoms with Crippen LogP contribution in [0.1, 0.15) is 40.7 Å². The van der Waals surface area contributed by atoms with Gasteiger partial charge in [-0.05, 0) is 54.8 Å². The van der Waals surface area contributed by atoms with Crippen molar-refractivity contribution in [3.63, 3.8) is 0 Å². The van der Waals surface area contributed by atoms with Crippen molar-refractivity contribution in [2.45, 2.75) is 35.2 Å². The molecule has 1 aliphatic heterocycles. The molecular weight excluding hydrogens is 462 g/mol. The first-order chi connectivity index (χ1) is 13.8. The molecule has 0 fully saturated rings. The highest BCUT2D eigenvalue weighted by molar-refractivity contribution is 7.92. The van der Waals surface area contributed by atoms with Crippen molar-refractivity contribution in [3.8, 4) is 0 Å². The Balaban J connectivity index is 2.21. The number of benzene rings is 2. The molecule has 0 aromatic heterocycles. The van der Waals surface area contributed by atoms with Crippen molar-refractivity contribution in [1.29, 1.82) is 0 Å². The Labute approximate surface area is 181 Å². The third kappa shape index (κ3) is 3.61. The number of fused-ring (bicyclic) bond motifs is 1. The molecule has 1 aliphatic rings. The summed E-state index contributed by atoms with van der Waals surface area (Å²) >= 11 is 12.1. The minimum absolute atomic E-state index is 0.104. The van der Waals surface area contributed by atoms with Crippen LogP contribution >= 0.6 is 23.2 Å². The van der Waals surface area contributed by atoms with Crippen LogP contribution in [0.25, 0.3) is 0 Å². The normalized spacial score (nSPS) is 19.9. The van der Waals surface area contributed by atoms with Gasteiger partial charge in [0.15, 0.2) is 0 Å². The maximum atomic E-state index is 13.1. The summed E-state index contributed by atoms with van der Waals surface area (Å²) in [5.74, 6) is -1.02. The van der Waals surface area contributed by atoms with Gasteiger partial charge in [0, 0.05) is 11.5 Å². The molecule has 0 saturated carbocycles. The quantitative estimate of drug-likeness (QED) is 0.569. The molecule has 0 bridgehead atoms. The summed E-state index contributed by atoms with van der Waals surface area (Å²) in [5, 5.41) is 3.38. The molecule has 0 spiro atoms. The van der Waals surface area contributed by atoms with Gasteiger partial charge in [0.05, 0.1) is 20.5 Å². The van der Waals surface area contributed by atoms with Crippen molar-refractivity contribution >= 4 is 38.9 Å². The van der Waals surface area contributed by atoms with Gasteiger partial charge in [-0.25, -0.2) is 8.42 Å². The number of sulfone groups is 1.